The number of anilines is 1. The maximum Gasteiger partial charge on any atom is 0.354 e. The molecule has 0 N–H and O–H groups in total. The van der Waals surface area contributed by atoms with Crippen LogP contribution in [0.5, 0.6) is 0 Å². The first kappa shape index (κ1) is 11.6. The third kappa shape index (κ3) is 2.46. The van der Waals surface area contributed by atoms with Crippen LogP contribution in [0.25, 0.3) is 0 Å². The number of carbonyl (C=O) groups is 1. The highest BCUT2D eigenvalue weighted by Crippen LogP contribution is 2.27. The lowest BCUT2D eigenvalue weighted by Crippen LogP contribution is -2.21. The second-order valence-electron chi connectivity index (χ2n) is 3.91. The van der Waals surface area contributed by atoms with E-state index in [0.29, 0.717) is 12.3 Å². The average molecular weight is 232 g/mol. The van der Waals surface area contributed by atoms with Crippen LogP contribution >= 0.6 is 0 Å². The van der Waals surface area contributed by atoms with Crippen LogP contribution in [0.3, 0.4) is 0 Å². The molecule has 1 heterocycles. The Hall–Kier alpha value is -1.84. The number of benzene rings is 1. The van der Waals surface area contributed by atoms with E-state index in [2.05, 4.69) is 11.2 Å². The lowest BCUT2D eigenvalue weighted by atomic mass is 10.2. The van der Waals surface area contributed by atoms with E-state index in [9.17, 15) is 4.79 Å². The number of para-hydroxylation sites is 1. The molecule has 17 heavy (non-hydrogen) atoms. The molecule has 0 amide bonds. The maximum absolute atomic E-state index is 11.5. The van der Waals surface area contributed by atoms with Gasteiger partial charge in [0.25, 0.3) is 0 Å². The minimum absolute atomic E-state index is 0.350. The number of carbonyl (C=O) groups excluding carboxylic acids is 1. The first-order chi connectivity index (χ1) is 8.22. The minimum Gasteiger partial charge on any atom is -0.461 e. The van der Waals surface area contributed by atoms with Gasteiger partial charge >= 0.3 is 5.97 Å². The highest BCUT2D eigenvalue weighted by atomic mass is 16.5. The van der Waals surface area contributed by atoms with Crippen molar-refractivity contribution in [1.29, 1.82) is 0 Å². The van der Waals surface area contributed by atoms with Crippen LogP contribution in [0.15, 0.2) is 29.4 Å². The summed E-state index contributed by atoms with van der Waals surface area (Å²) in [7, 11) is 0. The molecule has 1 aliphatic heterocycles. The van der Waals surface area contributed by atoms with Gasteiger partial charge in [0.05, 0.1) is 12.3 Å². The molecule has 0 spiro atoms. The molecular weight excluding hydrogens is 216 g/mol. The van der Waals surface area contributed by atoms with Crippen molar-refractivity contribution < 1.29 is 9.53 Å². The van der Waals surface area contributed by atoms with E-state index in [1.165, 1.54) is 5.56 Å². The van der Waals surface area contributed by atoms with E-state index in [4.69, 9.17) is 4.74 Å². The first-order valence-electron chi connectivity index (χ1n) is 5.80. The Kier molecular flexibility index (Phi) is 3.42. The molecule has 1 aromatic carbocycles. The van der Waals surface area contributed by atoms with Crippen LogP contribution in [0, 0.1) is 0 Å². The number of esters is 1. The highest BCUT2D eigenvalue weighted by Gasteiger charge is 2.19. The van der Waals surface area contributed by atoms with Gasteiger partial charge in [-0.05, 0) is 31.9 Å². The van der Waals surface area contributed by atoms with Gasteiger partial charge in [-0.1, -0.05) is 18.2 Å². The molecule has 0 saturated carbocycles. The number of ether oxygens (including phenoxy) is 1. The number of hydrogen-bond acceptors (Lipinski definition) is 4. The summed E-state index contributed by atoms with van der Waals surface area (Å²) in [5, 5.41) is 6.17. The fraction of sp³-hybridized carbons (Fsp3) is 0.385. The number of hydrazone groups is 1. The summed E-state index contributed by atoms with van der Waals surface area (Å²) in [6.45, 7) is 4.66. The SMILES string of the molecule is CCOC(=O)/C(C)=N/N1CCc2ccccc21. The van der Waals surface area contributed by atoms with Crippen molar-refractivity contribution in [2.45, 2.75) is 20.3 Å². The van der Waals surface area contributed by atoms with Crippen molar-refractivity contribution in [3.05, 3.63) is 29.8 Å². The Bertz CT molecular complexity index is 454. The minimum atomic E-state index is -0.350. The summed E-state index contributed by atoms with van der Waals surface area (Å²) >= 11 is 0. The van der Waals surface area contributed by atoms with Gasteiger partial charge in [-0.25, -0.2) is 4.79 Å². The summed E-state index contributed by atoms with van der Waals surface area (Å²) in [5.41, 5.74) is 2.74. The summed E-state index contributed by atoms with van der Waals surface area (Å²) in [4.78, 5) is 11.5. The van der Waals surface area contributed by atoms with Crippen LogP contribution in [0.2, 0.25) is 0 Å². The number of rotatable bonds is 3. The van der Waals surface area contributed by atoms with Crippen molar-refractivity contribution in [3.63, 3.8) is 0 Å². The number of fused-ring (bicyclic) bond motifs is 1. The summed E-state index contributed by atoms with van der Waals surface area (Å²) in [5.74, 6) is -0.350. The molecule has 4 heteroatoms. The van der Waals surface area contributed by atoms with Crippen LogP contribution < -0.4 is 5.01 Å². The third-order valence-electron chi connectivity index (χ3n) is 2.70. The fourth-order valence-corrected chi connectivity index (χ4v) is 1.88. The van der Waals surface area contributed by atoms with Gasteiger partial charge in [-0.15, -0.1) is 0 Å². The molecule has 90 valence electrons. The monoisotopic (exact) mass is 232 g/mol. The van der Waals surface area contributed by atoms with Gasteiger partial charge in [0, 0.05) is 6.54 Å². The predicted octanol–water partition coefficient (Wildman–Crippen LogP) is 1.99. The third-order valence-corrected chi connectivity index (χ3v) is 2.70. The van der Waals surface area contributed by atoms with E-state index in [1.807, 2.05) is 23.2 Å². The Morgan fingerprint density at radius 2 is 2.24 bits per heavy atom. The molecule has 0 atom stereocenters. The fourth-order valence-electron chi connectivity index (χ4n) is 1.88. The Labute approximate surface area is 101 Å². The molecule has 0 saturated heterocycles. The van der Waals surface area contributed by atoms with Gasteiger partial charge in [-0.3, -0.25) is 5.01 Å². The van der Waals surface area contributed by atoms with Gasteiger partial charge < -0.3 is 4.74 Å². The van der Waals surface area contributed by atoms with Crippen molar-refractivity contribution >= 4 is 17.4 Å². The molecule has 4 nitrogen and oxygen atoms in total. The summed E-state index contributed by atoms with van der Waals surface area (Å²) in [6, 6.07) is 8.10. The van der Waals surface area contributed by atoms with E-state index in [1.54, 1.807) is 13.8 Å². The van der Waals surface area contributed by atoms with Crippen molar-refractivity contribution in [2.24, 2.45) is 5.10 Å². The van der Waals surface area contributed by atoms with E-state index >= 15 is 0 Å². The molecule has 0 aliphatic carbocycles. The van der Waals surface area contributed by atoms with Crippen LogP contribution in [0.1, 0.15) is 19.4 Å². The average Bonchev–Trinajstić information content (AvgIpc) is 2.73. The molecule has 0 unspecified atom stereocenters. The molecule has 0 fully saturated rings. The van der Waals surface area contributed by atoms with Crippen LogP contribution in [-0.4, -0.2) is 24.8 Å². The Balaban J connectivity index is 2.16. The Morgan fingerprint density at radius 3 is 3.00 bits per heavy atom. The predicted molar refractivity (Wildman–Crippen MR) is 67.2 cm³/mol. The van der Waals surface area contributed by atoms with Gasteiger partial charge in [0.1, 0.15) is 5.71 Å². The molecular formula is C13H16N2O2. The second-order valence-corrected chi connectivity index (χ2v) is 3.91. The van der Waals surface area contributed by atoms with Gasteiger partial charge in [0.15, 0.2) is 0 Å². The zero-order valence-electron chi connectivity index (χ0n) is 10.1. The van der Waals surface area contributed by atoms with E-state index in [-0.39, 0.29) is 5.97 Å². The van der Waals surface area contributed by atoms with Crippen molar-refractivity contribution in [2.75, 3.05) is 18.2 Å². The highest BCUT2D eigenvalue weighted by molar-refractivity contribution is 6.35. The van der Waals surface area contributed by atoms with E-state index < -0.39 is 0 Å². The van der Waals surface area contributed by atoms with Gasteiger partial charge in [-0.2, -0.15) is 5.10 Å². The van der Waals surface area contributed by atoms with Gasteiger partial charge in [0.2, 0.25) is 0 Å². The summed E-state index contributed by atoms with van der Waals surface area (Å²) in [6.07, 6.45) is 0.968. The summed E-state index contributed by atoms with van der Waals surface area (Å²) < 4.78 is 4.91. The molecule has 0 bridgehead atoms. The number of hydrogen-bond donors (Lipinski definition) is 0. The van der Waals surface area contributed by atoms with Crippen molar-refractivity contribution in [1.82, 2.24) is 0 Å². The smallest absolute Gasteiger partial charge is 0.354 e. The largest absolute Gasteiger partial charge is 0.461 e. The second kappa shape index (κ2) is 4.99. The quantitative estimate of drug-likeness (QED) is 0.591. The standard InChI is InChI=1S/C13H16N2O2/c1-3-17-13(16)10(2)14-15-9-8-11-6-4-5-7-12(11)15/h4-7H,3,8-9H2,1-2H3/b14-10+. The lowest BCUT2D eigenvalue weighted by Gasteiger charge is -2.13. The molecule has 1 aromatic rings. The molecule has 1 aliphatic rings. The topological polar surface area (TPSA) is 41.9 Å². The van der Waals surface area contributed by atoms with Crippen LogP contribution in [-0.2, 0) is 16.0 Å². The van der Waals surface area contributed by atoms with Crippen molar-refractivity contribution in [3.8, 4) is 0 Å². The number of nitrogens with zero attached hydrogens (tertiary/aromatic N) is 2. The van der Waals surface area contributed by atoms with E-state index in [0.717, 1.165) is 18.7 Å². The van der Waals surface area contributed by atoms with Crippen LogP contribution in [0.4, 0.5) is 5.69 Å². The maximum atomic E-state index is 11.5. The normalized spacial score (nSPS) is 14.7. The zero-order valence-corrected chi connectivity index (χ0v) is 10.1. The molecule has 2 rings (SSSR count). The molecule has 0 radical (unpaired) electrons. The lowest BCUT2D eigenvalue weighted by molar-refractivity contribution is -0.135. The Morgan fingerprint density at radius 1 is 1.47 bits per heavy atom. The first-order valence-corrected chi connectivity index (χ1v) is 5.80. The zero-order chi connectivity index (χ0) is 12.3. The molecule has 0 aromatic heterocycles.